The zero-order valence-corrected chi connectivity index (χ0v) is 7.87. The molecule has 0 aromatic heterocycles. The first-order valence-corrected chi connectivity index (χ1v) is 5.50. The topological polar surface area (TPSA) is 17.1 Å². The van der Waals surface area contributed by atoms with E-state index in [1.807, 2.05) is 30.6 Å². The summed E-state index contributed by atoms with van der Waals surface area (Å²) in [5.74, 6) is 0. The normalized spacial score (nSPS) is 16.5. The first-order chi connectivity index (χ1) is 6.40. The fourth-order valence-electron chi connectivity index (χ4n) is 1.21. The molecule has 13 heavy (non-hydrogen) atoms. The van der Waals surface area contributed by atoms with E-state index >= 15 is 0 Å². The van der Waals surface area contributed by atoms with E-state index in [0.717, 1.165) is 0 Å². The summed E-state index contributed by atoms with van der Waals surface area (Å²) in [6.07, 6.45) is 5.99. The largest absolute Gasteiger partial charge is 0.285 e. The second-order valence-corrected chi connectivity index (χ2v) is 4.67. The standard InChI is InChI=1S/C11H9OS/c12-9-10-3-5-11(6-4-10)13-7-1-2-8-13/h1-8,13H. The summed E-state index contributed by atoms with van der Waals surface area (Å²) in [4.78, 5) is 11.6. The third-order valence-electron chi connectivity index (χ3n) is 1.89. The van der Waals surface area contributed by atoms with E-state index in [-0.39, 0.29) is 10.9 Å². The summed E-state index contributed by atoms with van der Waals surface area (Å²) in [5, 5.41) is 4.38. The second-order valence-electron chi connectivity index (χ2n) is 2.74. The number of rotatable bonds is 2. The van der Waals surface area contributed by atoms with Crippen molar-refractivity contribution in [2.45, 2.75) is 4.90 Å². The van der Waals surface area contributed by atoms with Gasteiger partial charge in [0.1, 0.15) is 0 Å². The summed E-state index contributed by atoms with van der Waals surface area (Å²) in [7, 11) is -0.249. The van der Waals surface area contributed by atoms with Crippen LogP contribution in [-0.2, 0) is 4.79 Å². The van der Waals surface area contributed by atoms with Gasteiger partial charge in [0.25, 0.3) is 0 Å². The number of allylic oxidation sites excluding steroid dienone is 2. The van der Waals surface area contributed by atoms with Gasteiger partial charge < -0.3 is 0 Å². The maximum atomic E-state index is 10.3. The van der Waals surface area contributed by atoms with Gasteiger partial charge in [-0.2, -0.15) is 10.9 Å². The molecule has 0 amide bonds. The Balaban J connectivity index is 2.27. The zero-order chi connectivity index (χ0) is 9.10. The number of hydrogen-bond acceptors (Lipinski definition) is 1. The quantitative estimate of drug-likeness (QED) is 0.707. The third-order valence-corrected chi connectivity index (χ3v) is 3.77. The van der Waals surface area contributed by atoms with Gasteiger partial charge in [-0.3, -0.25) is 4.79 Å². The van der Waals surface area contributed by atoms with Gasteiger partial charge >= 0.3 is 0 Å². The average Bonchev–Trinajstić information content (AvgIpc) is 2.71. The second kappa shape index (κ2) is 3.62. The van der Waals surface area contributed by atoms with Gasteiger partial charge in [0, 0.05) is 5.56 Å². The van der Waals surface area contributed by atoms with Crippen molar-refractivity contribution >= 4 is 17.2 Å². The van der Waals surface area contributed by atoms with Gasteiger partial charge in [-0.1, -0.05) is 12.2 Å². The smallest absolute Gasteiger partial charge is 0.233 e. The van der Waals surface area contributed by atoms with Gasteiger partial charge in [0.2, 0.25) is 6.29 Å². The highest BCUT2D eigenvalue weighted by Gasteiger charge is 2.01. The molecule has 1 aliphatic rings. The maximum absolute atomic E-state index is 10.3. The van der Waals surface area contributed by atoms with Gasteiger partial charge in [0.05, 0.1) is 0 Å². The molecule has 1 aliphatic heterocycles. The van der Waals surface area contributed by atoms with Crippen LogP contribution in [0.25, 0.3) is 0 Å². The van der Waals surface area contributed by atoms with Gasteiger partial charge in [-0.15, -0.1) is 0 Å². The van der Waals surface area contributed by atoms with Gasteiger partial charge in [-0.25, -0.2) is 0 Å². The fourth-order valence-corrected chi connectivity index (χ4v) is 2.71. The van der Waals surface area contributed by atoms with Crippen molar-refractivity contribution in [1.82, 2.24) is 0 Å². The molecule has 0 bridgehead atoms. The number of thiol groups is 1. The van der Waals surface area contributed by atoms with Crippen molar-refractivity contribution in [3.63, 3.8) is 0 Å². The van der Waals surface area contributed by atoms with Crippen molar-refractivity contribution in [2.75, 3.05) is 0 Å². The molecule has 0 fully saturated rings. The molecule has 2 rings (SSSR count). The SMILES string of the molecule is O=[C]c1ccc([SH]2C=CC=C2)cc1. The monoisotopic (exact) mass is 189 g/mol. The minimum Gasteiger partial charge on any atom is -0.285 e. The lowest BCUT2D eigenvalue weighted by Gasteiger charge is -2.09. The molecule has 1 nitrogen and oxygen atoms in total. The average molecular weight is 189 g/mol. The number of carbonyl (C=O) groups excluding carboxylic acids is 1. The molecule has 1 aromatic rings. The Kier molecular flexibility index (Phi) is 2.32. The molecule has 0 N–H and O–H groups in total. The molecular weight excluding hydrogens is 180 g/mol. The lowest BCUT2D eigenvalue weighted by Crippen LogP contribution is -1.80. The highest BCUT2D eigenvalue weighted by molar-refractivity contribution is 8.22. The first kappa shape index (κ1) is 8.32. The van der Waals surface area contributed by atoms with Crippen LogP contribution in [0.1, 0.15) is 5.56 Å². The zero-order valence-electron chi connectivity index (χ0n) is 6.97. The van der Waals surface area contributed by atoms with Crippen LogP contribution in [0.2, 0.25) is 0 Å². The Hall–Kier alpha value is -1.28. The van der Waals surface area contributed by atoms with Gasteiger partial charge in [-0.05, 0) is 40.0 Å². The van der Waals surface area contributed by atoms with Crippen LogP contribution < -0.4 is 0 Å². The fraction of sp³-hybridized carbons (Fsp3) is 0. The van der Waals surface area contributed by atoms with Gasteiger partial charge in [0.15, 0.2) is 0 Å². The van der Waals surface area contributed by atoms with Crippen molar-refractivity contribution in [3.8, 4) is 0 Å². The molecule has 0 unspecified atom stereocenters. The van der Waals surface area contributed by atoms with E-state index in [1.165, 1.54) is 4.90 Å². The molecule has 1 aromatic carbocycles. The molecule has 0 aliphatic carbocycles. The Morgan fingerprint density at radius 3 is 2.15 bits per heavy atom. The maximum Gasteiger partial charge on any atom is 0.233 e. The van der Waals surface area contributed by atoms with Crippen LogP contribution in [0, 0.1) is 0 Å². The molecule has 1 heterocycles. The summed E-state index contributed by atoms with van der Waals surface area (Å²) < 4.78 is 0. The first-order valence-electron chi connectivity index (χ1n) is 4.02. The summed E-state index contributed by atoms with van der Waals surface area (Å²) in [5.41, 5.74) is 0.617. The predicted octanol–water partition coefficient (Wildman–Crippen LogP) is 2.55. The minimum atomic E-state index is -0.249. The molecular formula is C11H9OS. The summed E-state index contributed by atoms with van der Waals surface area (Å²) in [6.45, 7) is 0. The summed E-state index contributed by atoms with van der Waals surface area (Å²) >= 11 is 0. The highest BCUT2D eigenvalue weighted by Crippen LogP contribution is 2.41. The molecule has 0 saturated carbocycles. The summed E-state index contributed by atoms with van der Waals surface area (Å²) in [6, 6.07) is 7.60. The number of hydrogen-bond donors (Lipinski definition) is 1. The van der Waals surface area contributed by atoms with Crippen LogP contribution in [-0.4, -0.2) is 6.29 Å². The van der Waals surface area contributed by atoms with Crippen molar-refractivity contribution in [1.29, 1.82) is 0 Å². The lowest BCUT2D eigenvalue weighted by atomic mass is 10.2. The Labute approximate surface area is 80.1 Å². The van der Waals surface area contributed by atoms with Crippen LogP contribution >= 0.6 is 10.9 Å². The molecule has 65 valence electrons. The Bertz CT molecular complexity index is 350. The number of benzene rings is 1. The van der Waals surface area contributed by atoms with E-state index in [2.05, 4.69) is 23.0 Å². The predicted molar refractivity (Wildman–Crippen MR) is 56.8 cm³/mol. The highest BCUT2D eigenvalue weighted by atomic mass is 32.2. The van der Waals surface area contributed by atoms with E-state index in [9.17, 15) is 4.79 Å². The molecule has 2 heteroatoms. The molecule has 0 saturated heterocycles. The molecule has 0 atom stereocenters. The van der Waals surface area contributed by atoms with Crippen molar-refractivity contribution < 1.29 is 4.79 Å². The lowest BCUT2D eigenvalue weighted by molar-refractivity contribution is 0.562. The van der Waals surface area contributed by atoms with Crippen LogP contribution in [0.5, 0.6) is 0 Å². The van der Waals surface area contributed by atoms with Crippen LogP contribution in [0.3, 0.4) is 0 Å². The Morgan fingerprint density at radius 1 is 1.00 bits per heavy atom. The van der Waals surface area contributed by atoms with E-state index in [0.29, 0.717) is 5.56 Å². The molecule has 0 spiro atoms. The van der Waals surface area contributed by atoms with E-state index in [4.69, 9.17) is 0 Å². The van der Waals surface area contributed by atoms with E-state index < -0.39 is 0 Å². The molecule has 1 radical (unpaired) electrons. The third kappa shape index (κ3) is 1.73. The Morgan fingerprint density at radius 2 is 1.62 bits per heavy atom. The van der Waals surface area contributed by atoms with Crippen LogP contribution in [0.4, 0.5) is 0 Å². The van der Waals surface area contributed by atoms with E-state index in [1.54, 1.807) is 0 Å². The van der Waals surface area contributed by atoms with Crippen molar-refractivity contribution in [2.24, 2.45) is 0 Å². The minimum absolute atomic E-state index is 0.249. The van der Waals surface area contributed by atoms with Crippen LogP contribution in [0.15, 0.2) is 52.1 Å². The van der Waals surface area contributed by atoms with Crippen molar-refractivity contribution in [3.05, 3.63) is 52.8 Å².